The highest BCUT2D eigenvalue weighted by atomic mass is 19.4. The summed E-state index contributed by atoms with van der Waals surface area (Å²) in [5, 5.41) is 8.92. The second kappa shape index (κ2) is 5.09. The number of benzene rings is 1. The number of nitriles is 1. The number of alkyl halides is 3. The van der Waals surface area contributed by atoms with Crippen LogP contribution in [-0.2, 0) is 20.5 Å². The number of nitrogens with two attached hydrogens (primary N) is 1. The number of hydrogen-bond acceptors (Lipinski definition) is 5. The molecule has 142 valence electrons. The predicted molar refractivity (Wildman–Crippen MR) is 86.1 cm³/mol. The molecule has 2 amide bonds. The number of carbonyl (C=O) groups is 2. The number of amides is 2. The van der Waals surface area contributed by atoms with E-state index < -0.39 is 58.2 Å². The maximum absolute atomic E-state index is 13.3. The molecule has 0 aliphatic carbocycles. The number of anilines is 1. The first-order valence-corrected chi connectivity index (χ1v) is 8.39. The molecule has 0 spiro atoms. The summed E-state index contributed by atoms with van der Waals surface area (Å²) in [6.07, 6.45) is -4.40. The van der Waals surface area contributed by atoms with Gasteiger partial charge in [-0.1, -0.05) is 0 Å². The fourth-order valence-electron chi connectivity index (χ4n) is 4.86. The Morgan fingerprint density at radius 3 is 2.48 bits per heavy atom. The van der Waals surface area contributed by atoms with Gasteiger partial charge in [-0.05, 0) is 38.5 Å². The Morgan fingerprint density at radius 1 is 1.26 bits per heavy atom. The van der Waals surface area contributed by atoms with Crippen LogP contribution in [0.15, 0.2) is 18.2 Å². The average molecular weight is 379 g/mol. The molecule has 3 saturated heterocycles. The first-order chi connectivity index (χ1) is 12.4. The third-order valence-corrected chi connectivity index (χ3v) is 6.08. The van der Waals surface area contributed by atoms with Crippen molar-refractivity contribution in [3.8, 4) is 6.07 Å². The number of imide groups is 1. The van der Waals surface area contributed by atoms with Crippen molar-refractivity contribution in [2.45, 2.75) is 43.7 Å². The van der Waals surface area contributed by atoms with Crippen molar-refractivity contribution >= 4 is 17.5 Å². The fourth-order valence-corrected chi connectivity index (χ4v) is 4.86. The second-order valence-electron chi connectivity index (χ2n) is 7.72. The highest BCUT2D eigenvalue weighted by molar-refractivity contribution is 6.23. The van der Waals surface area contributed by atoms with Crippen LogP contribution < -0.4 is 10.6 Å². The van der Waals surface area contributed by atoms with Crippen LogP contribution in [0.25, 0.3) is 0 Å². The normalized spacial score (nSPS) is 37.7. The zero-order valence-electron chi connectivity index (χ0n) is 14.5. The van der Waals surface area contributed by atoms with E-state index >= 15 is 0 Å². The van der Waals surface area contributed by atoms with Crippen LogP contribution in [0.2, 0.25) is 0 Å². The standard InChI is InChI=1S/C18H16F3N3O3/c1-16-6-11(23)17(2,27-16)13-12(16)14(25)24(15(13)26)9-4-3-8(7-22)10(5-9)18(19,20)21/h3-5,11-13H,6,23H2,1-2H3/t11-,12-,13+,16+,17+/m1/s1. The van der Waals surface area contributed by atoms with E-state index in [1.165, 1.54) is 12.1 Å². The molecule has 0 aromatic heterocycles. The van der Waals surface area contributed by atoms with Crippen LogP contribution in [0.3, 0.4) is 0 Å². The minimum atomic E-state index is -4.79. The van der Waals surface area contributed by atoms with E-state index in [0.717, 1.165) is 11.0 Å². The molecule has 2 N–H and O–H groups in total. The van der Waals surface area contributed by atoms with Crippen molar-refractivity contribution in [3.05, 3.63) is 29.3 Å². The lowest BCUT2D eigenvalue weighted by atomic mass is 9.67. The van der Waals surface area contributed by atoms with Gasteiger partial charge in [-0.3, -0.25) is 9.59 Å². The number of fused-ring (bicyclic) bond motifs is 5. The van der Waals surface area contributed by atoms with Crippen LogP contribution >= 0.6 is 0 Å². The summed E-state index contributed by atoms with van der Waals surface area (Å²) >= 11 is 0. The summed E-state index contributed by atoms with van der Waals surface area (Å²) < 4.78 is 45.7. The fraction of sp³-hybridized carbons (Fsp3) is 0.500. The van der Waals surface area contributed by atoms with E-state index in [1.54, 1.807) is 13.8 Å². The number of carbonyl (C=O) groups excluding carboxylic acids is 2. The van der Waals surface area contributed by atoms with Gasteiger partial charge in [0.05, 0.1) is 45.9 Å². The summed E-state index contributed by atoms with van der Waals surface area (Å²) in [5.41, 5.74) is 2.18. The molecule has 5 atom stereocenters. The molecule has 9 heteroatoms. The van der Waals surface area contributed by atoms with Gasteiger partial charge in [-0.25, -0.2) is 4.90 Å². The highest BCUT2D eigenvalue weighted by Gasteiger charge is 2.75. The van der Waals surface area contributed by atoms with Gasteiger partial charge in [-0.15, -0.1) is 0 Å². The molecule has 3 aliphatic rings. The third kappa shape index (κ3) is 2.14. The SMILES string of the molecule is C[C@]12O[C@@](C)(C[C@H]1N)[C@H]1C(=O)N(c3ccc(C#N)c(C(F)(F)F)c3)C(=O)[C@H]12. The lowest BCUT2D eigenvalue weighted by Crippen LogP contribution is -2.53. The third-order valence-electron chi connectivity index (χ3n) is 6.08. The molecule has 6 nitrogen and oxygen atoms in total. The van der Waals surface area contributed by atoms with Crippen LogP contribution in [0.1, 0.15) is 31.4 Å². The highest BCUT2D eigenvalue weighted by Crippen LogP contribution is 2.60. The molecule has 4 rings (SSSR count). The predicted octanol–water partition coefficient (Wildman–Crippen LogP) is 1.96. The molecule has 3 heterocycles. The Morgan fingerprint density at radius 2 is 1.89 bits per heavy atom. The molecule has 0 unspecified atom stereocenters. The number of rotatable bonds is 1. The summed E-state index contributed by atoms with van der Waals surface area (Å²) in [6.45, 7) is 3.37. The van der Waals surface area contributed by atoms with Gasteiger partial charge >= 0.3 is 6.18 Å². The maximum Gasteiger partial charge on any atom is 0.417 e. The zero-order chi connectivity index (χ0) is 19.9. The first-order valence-electron chi connectivity index (χ1n) is 8.39. The Kier molecular flexibility index (Phi) is 3.38. The Bertz CT molecular complexity index is 925. The molecule has 2 bridgehead atoms. The molecule has 1 aromatic carbocycles. The van der Waals surface area contributed by atoms with Crippen molar-refractivity contribution in [1.82, 2.24) is 0 Å². The van der Waals surface area contributed by atoms with Gasteiger partial charge in [0.25, 0.3) is 0 Å². The lowest BCUT2D eigenvalue weighted by Gasteiger charge is -2.32. The number of hydrogen-bond donors (Lipinski definition) is 1. The number of halogens is 3. The van der Waals surface area contributed by atoms with Gasteiger partial charge in [0.2, 0.25) is 11.8 Å². The van der Waals surface area contributed by atoms with Crippen LogP contribution in [0, 0.1) is 23.2 Å². The van der Waals surface area contributed by atoms with Crippen molar-refractivity contribution in [3.63, 3.8) is 0 Å². The molecular formula is C18H16F3N3O3. The first kappa shape index (κ1) is 17.9. The van der Waals surface area contributed by atoms with Crippen LogP contribution in [-0.4, -0.2) is 29.1 Å². The summed E-state index contributed by atoms with van der Waals surface area (Å²) in [6, 6.07) is 3.84. The van der Waals surface area contributed by atoms with Gasteiger partial charge in [-0.2, -0.15) is 18.4 Å². The zero-order valence-corrected chi connectivity index (χ0v) is 14.5. The van der Waals surface area contributed by atoms with Crippen molar-refractivity contribution in [2.75, 3.05) is 4.90 Å². The molecule has 0 radical (unpaired) electrons. The number of nitrogens with zero attached hydrogens (tertiary/aromatic N) is 2. The van der Waals surface area contributed by atoms with E-state index in [1.807, 2.05) is 0 Å². The quantitative estimate of drug-likeness (QED) is 0.753. The van der Waals surface area contributed by atoms with Crippen molar-refractivity contribution < 1.29 is 27.5 Å². The van der Waals surface area contributed by atoms with Gasteiger partial charge in [0.15, 0.2) is 0 Å². The van der Waals surface area contributed by atoms with Gasteiger partial charge < -0.3 is 10.5 Å². The molecule has 27 heavy (non-hydrogen) atoms. The van der Waals surface area contributed by atoms with Gasteiger partial charge in [0.1, 0.15) is 0 Å². The van der Waals surface area contributed by atoms with Crippen LogP contribution in [0.5, 0.6) is 0 Å². The monoisotopic (exact) mass is 379 g/mol. The Balaban J connectivity index is 1.81. The van der Waals surface area contributed by atoms with Crippen molar-refractivity contribution in [2.24, 2.45) is 17.6 Å². The molecule has 3 fully saturated rings. The van der Waals surface area contributed by atoms with Crippen LogP contribution in [0.4, 0.5) is 18.9 Å². The summed E-state index contributed by atoms with van der Waals surface area (Å²) in [5.74, 6) is -2.85. The molecular weight excluding hydrogens is 363 g/mol. The lowest BCUT2D eigenvalue weighted by molar-refractivity contribution is -0.138. The number of ether oxygens (including phenoxy) is 1. The second-order valence-corrected chi connectivity index (χ2v) is 7.72. The van der Waals surface area contributed by atoms with Crippen molar-refractivity contribution in [1.29, 1.82) is 5.26 Å². The van der Waals surface area contributed by atoms with E-state index in [2.05, 4.69) is 0 Å². The van der Waals surface area contributed by atoms with E-state index in [-0.39, 0.29) is 5.69 Å². The van der Waals surface area contributed by atoms with Gasteiger partial charge in [0, 0.05) is 6.04 Å². The summed E-state index contributed by atoms with van der Waals surface area (Å²) in [4.78, 5) is 26.8. The maximum atomic E-state index is 13.3. The van der Waals surface area contributed by atoms with E-state index in [9.17, 15) is 22.8 Å². The topological polar surface area (TPSA) is 96.4 Å². The van der Waals surface area contributed by atoms with E-state index in [4.69, 9.17) is 15.7 Å². The molecule has 3 aliphatic heterocycles. The Labute approximate surface area is 152 Å². The minimum absolute atomic E-state index is 0.203. The molecule has 1 aromatic rings. The summed E-state index contributed by atoms with van der Waals surface area (Å²) in [7, 11) is 0. The minimum Gasteiger partial charge on any atom is -0.366 e. The Hall–Kier alpha value is -2.44. The molecule has 0 saturated carbocycles. The largest absolute Gasteiger partial charge is 0.417 e. The smallest absolute Gasteiger partial charge is 0.366 e. The average Bonchev–Trinajstić information content (AvgIpc) is 3.07. The van der Waals surface area contributed by atoms with E-state index in [0.29, 0.717) is 12.5 Å².